The first kappa shape index (κ1) is 9.98. The van der Waals surface area contributed by atoms with Crippen LogP contribution >= 0.6 is 11.6 Å². The number of hydrogen-bond donors (Lipinski definition) is 0. The summed E-state index contributed by atoms with van der Waals surface area (Å²) in [7, 11) is 1.57. The Hall–Kier alpha value is -1.55. The van der Waals surface area contributed by atoms with Crippen LogP contribution in [0.1, 0.15) is 5.56 Å². The molecule has 0 saturated carbocycles. The van der Waals surface area contributed by atoms with E-state index in [9.17, 15) is 4.79 Å². The second kappa shape index (κ2) is 3.55. The lowest BCUT2D eigenvalue weighted by atomic mass is 10.2. The molecule has 0 saturated heterocycles. The topological polar surface area (TPSA) is 39.8 Å². The Bertz CT molecular complexity index is 539. The molecule has 1 aromatic heterocycles. The molecule has 15 heavy (non-hydrogen) atoms. The van der Waals surface area contributed by atoms with E-state index in [1.807, 2.05) is 31.2 Å². The summed E-state index contributed by atoms with van der Waals surface area (Å²) in [5.41, 5.74) is 1.61. The molecule has 5 heteroatoms. The lowest BCUT2D eigenvalue weighted by molar-refractivity contribution is 0.726. The Kier molecular flexibility index (Phi) is 2.36. The molecule has 2 aromatic rings. The van der Waals surface area contributed by atoms with Crippen molar-refractivity contribution in [3.8, 4) is 5.69 Å². The fourth-order valence-electron chi connectivity index (χ4n) is 1.35. The molecule has 0 radical (unpaired) electrons. The summed E-state index contributed by atoms with van der Waals surface area (Å²) >= 11 is 5.86. The summed E-state index contributed by atoms with van der Waals surface area (Å²) in [5, 5.41) is 4.01. The Labute approximate surface area is 91.7 Å². The Balaban J connectivity index is 2.64. The fraction of sp³-hybridized carbons (Fsp3) is 0.200. The summed E-state index contributed by atoms with van der Waals surface area (Å²) in [6.45, 7) is 1.98. The van der Waals surface area contributed by atoms with Crippen molar-refractivity contribution in [3.05, 3.63) is 45.6 Å². The smallest absolute Gasteiger partial charge is 0.246 e. The Morgan fingerprint density at radius 2 is 1.87 bits per heavy atom. The lowest BCUT2D eigenvalue weighted by Gasteiger charge is -2.01. The average Bonchev–Trinajstić information content (AvgIpc) is 2.44. The normalized spacial score (nSPS) is 10.6. The zero-order valence-corrected chi connectivity index (χ0v) is 9.19. The van der Waals surface area contributed by atoms with Gasteiger partial charge in [0.25, 0.3) is 0 Å². The number of benzene rings is 1. The molecule has 0 atom stereocenters. The number of rotatable bonds is 1. The first-order valence-electron chi connectivity index (χ1n) is 4.48. The summed E-state index contributed by atoms with van der Waals surface area (Å²) in [6.07, 6.45) is 0. The minimum Gasteiger partial charge on any atom is -0.246 e. The number of halogens is 1. The molecule has 0 aliphatic rings. The highest BCUT2D eigenvalue weighted by Crippen LogP contribution is 2.11. The van der Waals surface area contributed by atoms with Crippen LogP contribution in [0.3, 0.4) is 0 Å². The summed E-state index contributed by atoms with van der Waals surface area (Å²) in [4.78, 5) is 11.7. The highest BCUT2D eigenvalue weighted by molar-refractivity contribution is 6.28. The molecular weight excluding hydrogens is 214 g/mol. The molecule has 0 amide bonds. The molecule has 78 valence electrons. The van der Waals surface area contributed by atoms with Crippen LogP contribution in [0.15, 0.2) is 29.1 Å². The fourth-order valence-corrected chi connectivity index (χ4v) is 1.63. The third-order valence-electron chi connectivity index (χ3n) is 2.18. The van der Waals surface area contributed by atoms with Crippen molar-refractivity contribution in [1.29, 1.82) is 0 Å². The van der Waals surface area contributed by atoms with E-state index >= 15 is 0 Å². The van der Waals surface area contributed by atoms with Gasteiger partial charge in [0.05, 0.1) is 5.69 Å². The van der Waals surface area contributed by atoms with Gasteiger partial charge in [-0.1, -0.05) is 17.7 Å². The first-order chi connectivity index (χ1) is 7.09. The zero-order valence-electron chi connectivity index (χ0n) is 8.44. The summed E-state index contributed by atoms with van der Waals surface area (Å²) in [6, 6.07) is 7.52. The predicted octanol–water partition coefficient (Wildman–Crippen LogP) is 1.53. The maximum absolute atomic E-state index is 11.7. The molecule has 1 aromatic carbocycles. The summed E-state index contributed by atoms with van der Waals surface area (Å²) < 4.78 is 2.57. The van der Waals surface area contributed by atoms with Crippen LogP contribution in [0.25, 0.3) is 5.69 Å². The van der Waals surface area contributed by atoms with Gasteiger partial charge in [0, 0.05) is 7.05 Å². The van der Waals surface area contributed by atoms with E-state index in [4.69, 9.17) is 11.6 Å². The van der Waals surface area contributed by atoms with Crippen LogP contribution in [0.2, 0.25) is 5.28 Å². The maximum Gasteiger partial charge on any atom is 0.351 e. The largest absolute Gasteiger partial charge is 0.351 e. The number of hydrogen-bond acceptors (Lipinski definition) is 2. The molecule has 0 N–H and O–H groups in total. The quantitative estimate of drug-likeness (QED) is 0.736. The van der Waals surface area contributed by atoms with E-state index in [0.29, 0.717) is 0 Å². The van der Waals surface area contributed by atoms with Gasteiger partial charge in [-0.15, -0.1) is 5.10 Å². The highest BCUT2D eigenvalue weighted by atomic mass is 35.5. The van der Waals surface area contributed by atoms with Crippen LogP contribution < -0.4 is 5.69 Å². The third kappa shape index (κ3) is 1.68. The third-order valence-corrected chi connectivity index (χ3v) is 2.42. The van der Waals surface area contributed by atoms with Gasteiger partial charge in [-0.25, -0.2) is 14.0 Å². The molecule has 0 spiro atoms. The minimum atomic E-state index is -0.246. The van der Waals surface area contributed by atoms with Gasteiger partial charge < -0.3 is 0 Å². The molecule has 2 rings (SSSR count). The van der Waals surface area contributed by atoms with E-state index in [1.54, 1.807) is 7.05 Å². The van der Waals surface area contributed by atoms with Gasteiger partial charge in [0.2, 0.25) is 5.28 Å². The average molecular weight is 224 g/mol. The van der Waals surface area contributed by atoms with Crippen LogP contribution in [0, 0.1) is 6.92 Å². The van der Waals surface area contributed by atoms with Crippen LogP contribution in [0.5, 0.6) is 0 Å². The number of aryl methyl sites for hydroxylation is 2. The van der Waals surface area contributed by atoms with Crippen molar-refractivity contribution in [2.75, 3.05) is 0 Å². The van der Waals surface area contributed by atoms with Crippen molar-refractivity contribution in [3.63, 3.8) is 0 Å². The lowest BCUT2D eigenvalue weighted by Crippen LogP contribution is -2.21. The Morgan fingerprint density at radius 1 is 1.27 bits per heavy atom. The zero-order chi connectivity index (χ0) is 11.0. The molecule has 1 heterocycles. The van der Waals surface area contributed by atoms with Gasteiger partial charge in [-0.3, -0.25) is 0 Å². The van der Waals surface area contributed by atoms with E-state index < -0.39 is 0 Å². The molecule has 4 nitrogen and oxygen atoms in total. The molecule has 0 aliphatic heterocycles. The second-order valence-electron chi connectivity index (χ2n) is 3.35. The molecule has 0 unspecified atom stereocenters. The van der Waals surface area contributed by atoms with Crippen LogP contribution in [-0.4, -0.2) is 14.3 Å². The van der Waals surface area contributed by atoms with Crippen molar-refractivity contribution >= 4 is 11.6 Å². The molecule has 0 aliphatic carbocycles. The van der Waals surface area contributed by atoms with Gasteiger partial charge >= 0.3 is 5.69 Å². The minimum absolute atomic E-state index is 0.173. The number of aromatic nitrogens is 3. The van der Waals surface area contributed by atoms with E-state index in [1.165, 1.54) is 9.25 Å². The van der Waals surface area contributed by atoms with Gasteiger partial charge in [0.15, 0.2) is 0 Å². The van der Waals surface area contributed by atoms with Crippen molar-refractivity contribution < 1.29 is 0 Å². The van der Waals surface area contributed by atoms with Gasteiger partial charge in [0.1, 0.15) is 0 Å². The van der Waals surface area contributed by atoms with Crippen LogP contribution in [0.4, 0.5) is 0 Å². The predicted molar refractivity (Wildman–Crippen MR) is 58.6 cm³/mol. The first-order valence-corrected chi connectivity index (χ1v) is 4.86. The van der Waals surface area contributed by atoms with Crippen LogP contribution in [-0.2, 0) is 7.05 Å². The second-order valence-corrected chi connectivity index (χ2v) is 3.68. The highest BCUT2D eigenvalue weighted by Gasteiger charge is 2.09. The molecule has 0 bridgehead atoms. The maximum atomic E-state index is 11.7. The molecule has 0 fully saturated rings. The number of nitrogens with zero attached hydrogens (tertiary/aromatic N) is 3. The van der Waals surface area contributed by atoms with Gasteiger partial charge in [-0.05, 0) is 30.7 Å². The van der Waals surface area contributed by atoms with E-state index in [2.05, 4.69) is 5.10 Å². The molecular formula is C10H10ClN3O. The van der Waals surface area contributed by atoms with E-state index in [-0.39, 0.29) is 11.0 Å². The Morgan fingerprint density at radius 3 is 2.33 bits per heavy atom. The van der Waals surface area contributed by atoms with Crippen molar-refractivity contribution in [2.45, 2.75) is 6.92 Å². The van der Waals surface area contributed by atoms with E-state index in [0.717, 1.165) is 11.3 Å². The van der Waals surface area contributed by atoms with Crippen molar-refractivity contribution in [1.82, 2.24) is 14.3 Å². The van der Waals surface area contributed by atoms with Gasteiger partial charge in [-0.2, -0.15) is 0 Å². The standard InChI is InChI=1S/C10H10ClN3O/c1-7-3-5-8(6-4-7)14-9(11)12-13(2)10(14)15/h3-6H,1-2H3. The summed E-state index contributed by atoms with van der Waals surface area (Å²) in [5.74, 6) is 0. The van der Waals surface area contributed by atoms with Crippen molar-refractivity contribution in [2.24, 2.45) is 7.05 Å². The monoisotopic (exact) mass is 223 g/mol. The SMILES string of the molecule is Cc1ccc(-n2c(Cl)nn(C)c2=O)cc1.